The summed E-state index contributed by atoms with van der Waals surface area (Å²) < 4.78 is 16.2. The molecule has 2 heterocycles. The van der Waals surface area contributed by atoms with Crippen LogP contribution >= 0.6 is 0 Å². The topological polar surface area (TPSA) is 132 Å². The van der Waals surface area contributed by atoms with Crippen LogP contribution in [-0.4, -0.2) is 61.3 Å². The van der Waals surface area contributed by atoms with Gasteiger partial charge in [0.05, 0.1) is 12.7 Å². The average Bonchev–Trinajstić information content (AvgIpc) is 2.89. The minimum absolute atomic E-state index is 0.0868. The lowest BCUT2D eigenvalue weighted by molar-refractivity contribution is -0.123. The second-order valence-corrected chi connectivity index (χ2v) is 9.91. The molecule has 0 radical (unpaired) electrons. The molecule has 1 atom stereocenters. The summed E-state index contributed by atoms with van der Waals surface area (Å²) in [6.07, 6.45) is 1.06. The number of carbonyl (C=O) groups is 2. The predicted molar refractivity (Wildman–Crippen MR) is 142 cm³/mol. The highest BCUT2D eigenvalue weighted by Gasteiger charge is 2.24. The Labute approximate surface area is 221 Å². The van der Waals surface area contributed by atoms with Gasteiger partial charge in [-0.15, -0.1) is 0 Å². The van der Waals surface area contributed by atoms with Gasteiger partial charge >= 0.3 is 11.6 Å². The van der Waals surface area contributed by atoms with Crippen molar-refractivity contribution in [3.63, 3.8) is 0 Å². The van der Waals surface area contributed by atoms with E-state index in [1.807, 2.05) is 32.0 Å². The van der Waals surface area contributed by atoms with E-state index in [-0.39, 0.29) is 18.4 Å². The van der Waals surface area contributed by atoms with E-state index in [1.54, 1.807) is 18.2 Å². The second kappa shape index (κ2) is 11.8. The van der Waals surface area contributed by atoms with Crippen molar-refractivity contribution < 1.29 is 28.6 Å². The molecule has 9 heteroatoms. The first-order valence-corrected chi connectivity index (χ1v) is 12.7. The van der Waals surface area contributed by atoms with Crippen molar-refractivity contribution in [1.82, 2.24) is 4.90 Å². The molecular formula is C29H34N2O7. The quantitative estimate of drug-likeness (QED) is 0.324. The van der Waals surface area contributed by atoms with E-state index in [4.69, 9.17) is 19.6 Å². The van der Waals surface area contributed by atoms with E-state index in [1.165, 1.54) is 7.11 Å². The molecule has 3 N–H and O–H groups in total. The zero-order chi connectivity index (χ0) is 27.4. The number of primary amides is 1. The number of benzene rings is 2. The van der Waals surface area contributed by atoms with E-state index in [0.29, 0.717) is 61.4 Å². The molecule has 1 saturated heterocycles. The molecule has 3 aromatic rings. The van der Waals surface area contributed by atoms with Crippen LogP contribution in [0.15, 0.2) is 45.6 Å². The number of hydrogen-bond acceptors (Lipinski definition) is 8. The van der Waals surface area contributed by atoms with Gasteiger partial charge in [0.1, 0.15) is 24.0 Å². The zero-order valence-electron chi connectivity index (χ0n) is 22.0. The van der Waals surface area contributed by atoms with E-state index in [2.05, 4.69) is 4.90 Å². The fourth-order valence-corrected chi connectivity index (χ4v) is 4.99. The van der Waals surface area contributed by atoms with E-state index >= 15 is 0 Å². The number of β-amino-alcohol motifs (C(OH)–C–C–N with tert-alkyl or cyclic N) is 1. The Morgan fingerprint density at radius 3 is 2.55 bits per heavy atom. The monoisotopic (exact) mass is 522 g/mol. The van der Waals surface area contributed by atoms with Crippen LogP contribution in [-0.2, 0) is 16.0 Å². The summed E-state index contributed by atoms with van der Waals surface area (Å²) in [6.45, 7) is 5.66. The van der Waals surface area contributed by atoms with Gasteiger partial charge in [-0.05, 0) is 74.7 Å². The number of ether oxygens (including phenoxy) is 2. The summed E-state index contributed by atoms with van der Waals surface area (Å²) in [4.78, 5) is 38.2. The number of rotatable bonds is 9. The van der Waals surface area contributed by atoms with Crippen LogP contribution in [0.25, 0.3) is 11.0 Å². The van der Waals surface area contributed by atoms with Crippen molar-refractivity contribution in [2.24, 2.45) is 11.7 Å². The van der Waals surface area contributed by atoms with Gasteiger partial charge in [-0.2, -0.15) is 0 Å². The van der Waals surface area contributed by atoms with Crippen LogP contribution in [0.3, 0.4) is 0 Å². The van der Waals surface area contributed by atoms with Crippen LogP contribution < -0.4 is 16.1 Å². The van der Waals surface area contributed by atoms with Crippen LogP contribution in [0, 0.1) is 19.8 Å². The Morgan fingerprint density at radius 1 is 1.16 bits per heavy atom. The van der Waals surface area contributed by atoms with Crippen molar-refractivity contribution in [1.29, 1.82) is 0 Å². The van der Waals surface area contributed by atoms with Crippen molar-refractivity contribution in [3.8, 4) is 5.75 Å². The molecule has 0 bridgehead atoms. The number of likely N-dealkylation sites (tertiary alicyclic amines) is 1. The Morgan fingerprint density at radius 2 is 1.89 bits per heavy atom. The maximum atomic E-state index is 12.9. The number of amides is 1. The van der Waals surface area contributed by atoms with Crippen molar-refractivity contribution in [2.45, 2.75) is 39.2 Å². The summed E-state index contributed by atoms with van der Waals surface area (Å²) in [7, 11) is 1.34. The molecule has 1 amide bonds. The molecule has 0 spiro atoms. The molecule has 0 aliphatic carbocycles. The van der Waals surface area contributed by atoms with Crippen molar-refractivity contribution in [3.05, 3.63) is 74.6 Å². The summed E-state index contributed by atoms with van der Waals surface area (Å²) >= 11 is 0. The molecule has 1 aromatic heterocycles. The van der Waals surface area contributed by atoms with Gasteiger partial charge in [-0.25, -0.2) is 9.59 Å². The standard InChI is InChI=1S/C29H34N2O7/c1-17-12-19(4-6-23(17)28(34)36-3)13-25-18(2)24-7-5-22(14-26(24)38-29(25)35)37-16-21(32)15-31-10-8-20(9-11-31)27(30)33/h4-7,12,14,20-21,32H,8-11,13,15-16H2,1-3H3,(H2,30,33). The molecular weight excluding hydrogens is 488 g/mol. The number of aliphatic hydroxyl groups is 1. The highest BCUT2D eigenvalue weighted by atomic mass is 16.5. The Balaban J connectivity index is 1.41. The minimum atomic E-state index is -0.707. The van der Waals surface area contributed by atoms with Gasteiger partial charge in [-0.1, -0.05) is 12.1 Å². The van der Waals surface area contributed by atoms with E-state index < -0.39 is 17.7 Å². The summed E-state index contributed by atoms with van der Waals surface area (Å²) in [5.41, 5.74) is 8.88. The Kier molecular flexibility index (Phi) is 8.48. The van der Waals surface area contributed by atoms with Crippen molar-refractivity contribution >= 4 is 22.8 Å². The lowest BCUT2D eigenvalue weighted by Crippen LogP contribution is -2.43. The minimum Gasteiger partial charge on any atom is -0.491 e. The number of piperidine rings is 1. The smallest absolute Gasteiger partial charge is 0.340 e. The number of nitrogens with zero attached hydrogens (tertiary/aromatic N) is 1. The number of methoxy groups -OCH3 is 1. The fraction of sp³-hybridized carbons (Fsp3) is 0.414. The zero-order valence-corrected chi connectivity index (χ0v) is 22.0. The second-order valence-electron chi connectivity index (χ2n) is 9.91. The molecule has 4 rings (SSSR count). The summed E-state index contributed by atoms with van der Waals surface area (Å²) in [5.74, 6) is -0.255. The van der Waals surface area contributed by atoms with Crippen LogP contribution in [0.4, 0.5) is 0 Å². The Hall–Kier alpha value is -3.69. The van der Waals surface area contributed by atoms with Gasteiger partial charge < -0.3 is 29.6 Å². The molecule has 2 aromatic carbocycles. The maximum Gasteiger partial charge on any atom is 0.340 e. The number of fused-ring (bicyclic) bond motifs is 1. The number of aliphatic hydroxyl groups excluding tert-OH is 1. The number of aryl methyl sites for hydroxylation is 2. The number of carbonyl (C=O) groups excluding carboxylic acids is 2. The highest BCUT2D eigenvalue weighted by molar-refractivity contribution is 5.91. The van der Waals surface area contributed by atoms with Crippen LogP contribution in [0.1, 0.15) is 45.5 Å². The third kappa shape index (κ3) is 6.23. The fourth-order valence-electron chi connectivity index (χ4n) is 4.99. The van der Waals surface area contributed by atoms with Gasteiger partial charge in [0.2, 0.25) is 5.91 Å². The first-order chi connectivity index (χ1) is 18.2. The molecule has 202 valence electrons. The van der Waals surface area contributed by atoms with Gasteiger partial charge in [0, 0.05) is 35.9 Å². The highest BCUT2D eigenvalue weighted by Crippen LogP contribution is 2.26. The first kappa shape index (κ1) is 27.3. The van der Waals surface area contributed by atoms with E-state index in [9.17, 15) is 19.5 Å². The van der Waals surface area contributed by atoms with Crippen molar-refractivity contribution in [2.75, 3.05) is 33.4 Å². The van der Waals surface area contributed by atoms with Crippen LogP contribution in [0.2, 0.25) is 0 Å². The number of hydrogen-bond donors (Lipinski definition) is 2. The largest absolute Gasteiger partial charge is 0.491 e. The van der Waals surface area contributed by atoms with Gasteiger partial charge in [-0.3, -0.25) is 4.79 Å². The van der Waals surface area contributed by atoms with Crippen LogP contribution in [0.5, 0.6) is 5.75 Å². The van der Waals surface area contributed by atoms with Gasteiger partial charge in [0.15, 0.2) is 0 Å². The average molecular weight is 523 g/mol. The molecule has 1 aliphatic heterocycles. The molecule has 1 unspecified atom stereocenters. The first-order valence-electron chi connectivity index (χ1n) is 12.7. The van der Waals surface area contributed by atoms with Gasteiger partial charge in [0.25, 0.3) is 0 Å². The molecule has 9 nitrogen and oxygen atoms in total. The molecule has 0 saturated carbocycles. The molecule has 38 heavy (non-hydrogen) atoms. The third-order valence-electron chi connectivity index (χ3n) is 7.24. The normalized spacial score (nSPS) is 15.4. The Bertz CT molecular complexity index is 1390. The SMILES string of the molecule is COC(=O)c1ccc(Cc2c(C)c3ccc(OCC(O)CN4CCC(C(N)=O)CC4)cc3oc2=O)cc1C. The molecule has 1 aliphatic rings. The maximum absolute atomic E-state index is 12.9. The van der Waals surface area contributed by atoms with E-state index in [0.717, 1.165) is 22.1 Å². The lowest BCUT2D eigenvalue weighted by Gasteiger charge is -2.31. The summed E-state index contributed by atoms with van der Waals surface area (Å²) in [6, 6.07) is 10.7. The number of nitrogens with two attached hydrogens (primary N) is 1. The summed E-state index contributed by atoms with van der Waals surface area (Å²) in [5, 5.41) is 11.2. The predicted octanol–water partition coefficient (Wildman–Crippen LogP) is 2.72. The number of esters is 1. The molecule has 1 fully saturated rings. The lowest BCUT2D eigenvalue weighted by atomic mass is 9.96. The third-order valence-corrected chi connectivity index (χ3v) is 7.24.